The maximum absolute atomic E-state index is 12.1. The summed E-state index contributed by atoms with van der Waals surface area (Å²) < 4.78 is 0. The van der Waals surface area contributed by atoms with E-state index in [-0.39, 0.29) is 18.4 Å². The molecule has 1 aliphatic heterocycles. The first-order chi connectivity index (χ1) is 8.06. The van der Waals surface area contributed by atoms with Crippen molar-refractivity contribution in [2.75, 3.05) is 25.4 Å². The van der Waals surface area contributed by atoms with Crippen LogP contribution in [0.15, 0.2) is 0 Å². The highest BCUT2D eigenvalue weighted by Gasteiger charge is 2.27. The van der Waals surface area contributed by atoms with Gasteiger partial charge >= 0.3 is 5.97 Å². The van der Waals surface area contributed by atoms with Crippen LogP contribution in [0.25, 0.3) is 0 Å². The van der Waals surface area contributed by atoms with E-state index >= 15 is 0 Å². The van der Waals surface area contributed by atoms with Crippen LogP contribution in [0.1, 0.15) is 26.2 Å². The quantitative estimate of drug-likeness (QED) is 0.720. The molecule has 6 heteroatoms. The topological polar surface area (TPSA) is 60.9 Å². The molecule has 0 aromatic carbocycles. The number of piperidine rings is 1. The van der Waals surface area contributed by atoms with Crippen LogP contribution in [-0.4, -0.2) is 52.4 Å². The molecule has 0 radical (unpaired) electrons. The number of amides is 1. The summed E-state index contributed by atoms with van der Waals surface area (Å²) in [6, 6.07) is 0. The maximum atomic E-state index is 12.1. The number of carboxylic acids is 1. The predicted molar refractivity (Wildman–Crippen MR) is 67.8 cm³/mol. The van der Waals surface area contributed by atoms with Crippen LogP contribution in [0.4, 0.5) is 0 Å². The molecule has 5 nitrogen and oxygen atoms in total. The van der Waals surface area contributed by atoms with Crippen LogP contribution in [0.3, 0.4) is 0 Å². The molecule has 1 rings (SSSR count). The van der Waals surface area contributed by atoms with Crippen molar-refractivity contribution in [3.63, 3.8) is 0 Å². The normalized spacial score (nSPS) is 18.7. The Morgan fingerprint density at radius 3 is 2.41 bits per heavy atom. The number of thiol groups is 1. The van der Waals surface area contributed by atoms with E-state index in [9.17, 15) is 9.59 Å². The van der Waals surface area contributed by atoms with Crippen molar-refractivity contribution >= 4 is 24.5 Å². The molecule has 1 fully saturated rings. The third kappa shape index (κ3) is 4.20. The molecule has 1 amide bonds. The predicted octanol–water partition coefficient (Wildman–Crippen LogP) is 0.866. The lowest BCUT2D eigenvalue weighted by Gasteiger charge is -2.37. The number of carbonyl (C=O) groups is 2. The van der Waals surface area contributed by atoms with Gasteiger partial charge in [-0.05, 0) is 12.8 Å². The average molecular weight is 260 g/mol. The Labute approximate surface area is 107 Å². The van der Waals surface area contributed by atoms with Gasteiger partial charge in [0.25, 0.3) is 0 Å². The molecule has 0 spiro atoms. The van der Waals surface area contributed by atoms with Gasteiger partial charge in [0.2, 0.25) is 5.91 Å². The lowest BCUT2D eigenvalue weighted by molar-refractivity contribution is -0.163. The standard InChI is InChI=1S/C11H20N2O3S/c1-9(8-17)11(16)13(7-10(14)15)12-5-3-2-4-6-12/h9,17H,2-8H2,1H3,(H,14,15). The summed E-state index contributed by atoms with van der Waals surface area (Å²) in [4.78, 5) is 22.9. The fraction of sp³-hybridized carbons (Fsp3) is 0.818. The van der Waals surface area contributed by atoms with Gasteiger partial charge in [-0.25, -0.2) is 5.01 Å². The Morgan fingerprint density at radius 2 is 1.94 bits per heavy atom. The van der Waals surface area contributed by atoms with Crippen molar-refractivity contribution in [2.45, 2.75) is 26.2 Å². The number of hydrogen-bond acceptors (Lipinski definition) is 4. The van der Waals surface area contributed by atoms with Crippen molar-refractivity contribution in [3.05, 3.63) is 0 Å². The zero-order valence-corrected chi connectivity index (χ0v) is 11.0. The summed E-state index contributed by atoms with van der Waals surface area (Å²) in [5, 5.41) is 12.1. The second-order valence-corrected chi connectivity index (χ2v) is 4.75. The Balaban J connectivity index is 2.70. The van der Waals surface area contributed by atoms with E-state index in [1.54, 1.807) is 6.92 Å². The van der Waals surface area contributed by atoms with Crippen LogP contribution in [0, 0.1) is 5.92 Å². The number of rotatable bonds is 5. The molecular weight excluding hydrogens is 240 g/mol. The van der Waals surface area contributed by atoms with Crippen molar-refractivity contribution in [2.24, 2.45) is 5.92 Å². The van der Waals surface area contributed by atoms with Crippen molar-refractivity contribution in [1.29, 1.82) is 0 Å². The van der Waals surface area contributed by atoms with E-state index in [0.29, 0.717) is 5.75 Å². The van der Waals surface area contributed by atoms with Gasteiger partial charge in [0, 0.05) is 24.8 Å². The molecule has 1 atom stereocenters. The minimum atomic E-state index is -0.977. The van der Waals surface area contributed by atoms with Gasteiger partial charge in [-0.1, -0.05) is 13.3 Å². The zero-order valence-electron chi connectivity index (χ0n) is 10.1. The molecule has 0 aliphatic carbocycles. The number of nitrogens with zero attached hydrogens (tertiary/aromatic N) is 2. The van der Waals surface area contributed by atoms with Crippen LogP contribution in [-0.2, 0) is 9.59 Å². The third-order valence-electron chi connectivity index (χ3n) is 2.91. The first kappa shape index (κ1) is 14.3. The summed E-state index contributed by atoms with van der Waals surface area (Å²) in [6.07, 6.45) is 3.17. The van der Waals surface area contributed by atoms with E-state index in [1.165, 1.54) is 5.01 Å². The van der Waals surface area contributed by atoms with Crippen molar-refractivity contribution in [3.8, 4) is 0 Å². The first-order valence-corrected chi connectivity index (χ1v) is 6.58. The first-order valence-electron chi connectivity index (χ1n) is 5.95. The van der Waals surface area contributed by atoms with Gasteiger partial charge in [0.1, 0.15) is 6.54 Å². The Morgan fingerprint density at radius 1 is 1.35 bits per heavy atom. The van der Waals surface area contributed by atoms with Crippen molar-refractivity contribution in [1.82, 2.24) is 10.0 Å². The number of carbonyl (C=O) groups excluding carboxylic acids is 1. The van der Waals surface area contributed by atoms with Crippen molar-refractivity contribution < 1.29 is 14.7 Å². The molecule has 1 saturated heterocycles. The molecule has 17 heavy (non-hydrogen) atoms. The van der Waals surface area contributed by atoms with E-state index in [2.05, 4.69) is 12.6 Å². The van der Waals surface area contributed by atoms with Crippen LogP contribution >= 0.6 is 12.6 Å². The zero-order chi connectivity index (χ0) is 12.8. The smallest absolute Gasteiger partial charge is 0.324 e. The highest BCUT2D eigenvalue weighted by Crippen LogP contribution is 2.14. The maximum Gasteiger partial charge on any atom is 0.324 e. The number of aliphatic carboxylic acids is 1. The van der Waals surface area contributed by atoms with Gasteiger partial charge in [-0.3, -0.25) is 14.6 Å². The fourth-order valence-electron chi connectivity index (χ4n) is 1.90. The number of hydrazine groups is 1. The van der Waals surface area contributed by atoms with Gasteiger partial charge in [-0.15, -0.1) is 0 Å². The molecule has 0 saturated carbocycles. The second kappa shape index (κ2) is 6.86. The van der Waals surface area contributed by atoms with E-state index in [1.807, 2.05) is 5.01 Å². The SMILES string of the molecule is CC(CS)C(=O)N(CC(=O)O)N1CCCCC1. The van der Waals surface area contributed by atoms with Gasteiger partial charge in [0.15, 0.2) is 0 Å². The van der Waals surface area contributed by atoms with Crippen LogP contribution in [0.5, 0.6) is 0 Å². The summed E-state index contributed by atoms with van der Waals surface area (Å²) in [5.74, 6) is -0.942. The monoisotopic (exact) mass is 260 g/mol. The van der Waals surface area contributed by atoms with E-state index in [0.717, 1.165) is 32.4 Å². The Bertz CT molecular complexity index is 280. The Hall–Kier alpha value is -0.750. The minimum absolute atomic E-state index is 0.149. The average Bonchev–Trinajstić information content (AvgIpc) is 2.35. The lowest BCUT2D eigenvalue weighted by Crippen LogP contribution is -2.52. The molecule has 0 aromatic heterocycles. The van der Waals surface area contributed by atoms with Crippen LogP contribution in [0.2, 0.25) is 0 Å². The summed E-state index contributed by atoms with van der Waals surface area (Å²) in [5.41, 5.74) is 0. The molecule has 0 aromatic rings. The molecule has 0 bridgehead atoms. The highest BCUT2D eigenvalue weighted by molar-refractivity contribution is 7.80. The van der Waals surface area contributed by atoms with Gasteiger partial charge < -0.3 is 5.11 Å². The van der Waals surface area contributed by atoms with Gasteiger partial charge in [0.05, 0.1) is 0 Å². The number of hydrogen-bond donors (Lipinski definition) is 2. The van der Waals surface area contributed by atoms with E-state index in [4.69, 9.17) is 5.11 Å². The molecule has 98 valence electrons. The Kier molecular flexibility index (Phi) is 5.77. The molecular formula is C11H20N2O3S. The largest absolute Gasteiger partial charge is 0.480 e. The molecule has 1 unspecified atom stereocenters. The summed E-state index contributed by atoms with van der Waals surface area (Å²) in [7, 11) is 0. The lowest BCUT2D eigenvalue weighted by atomic mass is 10.1. The highest BCUT2D eigenvalue weighted by atomic mass is 32.1. The molecule has 1 N–H and O–H groups in total. The third-order valence-corrected chi connectivity index (χ3v) is 3.46. The molecule has 1 heterocycles. The van der Waals surface area contributed by atoms with E-state index < -0.39 is 5.97 Å². The fourth-order valence-corrected chi connectivity index (χ4v) is 2.05. The second-order valence-electron chi connectivity index (χ2n) is 4.39. The summed E-state index contributed by atoms with van der Waals surface area (Å²) in [6.45, 7) is 3.04. The van der Waals surface area contributed by atoms with Crippen LogP contribution < -0.4 is 0 Å². The number of carboxylic acid groups (broad SMARTS) is 1. The minimum Gasteiger partial charge on any atom is -0.480 e. The summed E-state index contributed by atoms with van der Waals surface area (Å²) >= 11 is 4.09. The molecule has 1 aliphatic rings. The van der Waals surface area contributed by atoms with Gasteiger partial charge in [-0.2, -0.15) is 12.6 Å².